The van der Waals surface area contributed by atoms with E-state index in [1.54, 1.807) is 5.32 Å². The van der Waals surface area contributed by atoms with Gasteiger partial charge in [0, 0.05) is 17.2 Å². The highest BCUT2D eigenvalue weighted by Crippen LogP contribution is 2.30. The fraction of sp³-hybridized carbons (Fsp3) is 0.176. The highest BCUT2D eigenvalue weighted by atomic mass is 35.5. The van der Waals surface area contributed by atoms with Crippen LogP contribution in [0.3, 0.4) is 0 Å². The van der Waals surface area contributed by atoms with Crippen LogP contribution in [0.25, 0.3) is 0 Å². The first kappa shape index (κ1) is 21.5. The van der Waals surface area contributed by atoms with Gasteiger partial charge in [-0.15, -0.1) is 0 Å². The summed E-state index contributed by atoms with van der Waals surface area (Å²) in [7, 11) is 0. The molecule has 0 bridgehead atoms. The fourth-order valence-electron chi connectivity index (χ4n) is 2.20. The second-order valence-corrected chi connectivity index (χ2v) is 6.03. The van der Waals surface area contributed by atoms with Crippen molar-refractivity contribution < 1.29 is 35.9 Å². The molecule has 0 saturated carbocycles. The number of amides is 2. The van der Waals surface area contributed by atoms with Crippen LogP contribution in [0.1, 0.15) is 18.0 Å². The number of rotatable bonds is 4. The van der Waals surface area contributed by atoms with Gasteiger partial charge in [0.25, 0.3) is 0 Å². The van der Waals surface area contributed by atoms with Gasteiger partial charge in [-0.25, -0.2) is 13.2 Å². The zero-order valence-corrected chi connectivity index (χ0v) is 14.5. The van der Waals surface area contributed by atoms with E-state index in [1.807, 2.05) is 5.32 Å². The van der Waals surface area contributed by atoms with Crippen LogP contribution in [-0.4, -0.2) is 18.0 Å². The summed E-state index contributed by atoms with van der Waals surface area (Å²) in [6.07, 6.45) is -6.17. The second-order valence-electron chi connectivity index (χ2n) is 5.60. The number of alkyl halides is 3. The van der Waals surface area contributed by atoms with Gasteiger partial charge in [0.05, 0.1) is 18.2 Å². The van der Waals surface area contributed by atoms with Crippen molar-refractivity contribution in [2.24, 2.45) is 0 Å². The lowest BCUT2D eigenvalue weighted by Crippen LogP contribution is -2.39. The number of hydrogen-bond acceptors (Lipinski definition) is 2. The first-order chi connectivity index (χ1) is 13.0. The molecular formula is C17H11ClF6N2O2. The molecule has 0 radical (unpaired) electrons. The summed E-state index contributed by atoms with van der Waals surface area (Å²) in [6.45, 7) is 0. The van der Waals surface area contributed by atoms with Gasteiger partial charge < -0.3 is 10.6 Å². The zero-order valence-electron chi connectivity index (χ0n) is 13.7. The van der Waals surface area contributed by atoms with Gasteiger partial charge in [0.2, 0.25) is 0 Å². The van der Waals surface area contributed by atoms with Crippen molar-refractivity contribution in [2.75, 3.05) is 5.32 Å². The first-order valence-electron chi connectivity index (χ1n) is 7.55. The van der Waals surface area contributed by atoms with Crippen LogP contribution in [-0.2, 0) is 9.59 Å². The van der Waals surface area contributed by atoms with E-state index in [2.05, 4.69) is 0 Å². The molecule has 1 atom stereocenters. The van der Waals surface area contributed by atoms with Crippen LogP contribution in [0, 0.1) is 17.5 Å². The highest BCUT2D eigenvalue weighted by Gasteiger charge is 2.34. The van der Waals surface area contributed by atoms with Crippen LogP contribution >= 0.6 is 11.6 Å². The van der Waals surface area contributed by atoms with E-state index in [-0.39, 0.29) is 16.7 Å². The highest BCUT2D eigenvalue weighted by molar-refractivity contribution is 6.39. The molecule has 2 aromatic carbocycles. The van der Waals surface area contributed by atoms with Gasteiger partial charge in [0.15, 0.2) is 11.6 Å². The van der Waals surface area contributed by atoms with Crippen molar-refractivity contribution in [3.05, 3.63) is 64.4 Å². The fourth-order valence-corrected chi connectivity index (χ4v) is 2.33. The quantitative estimate of drug-likeness (QED) is 0.431. The van der Waals surface area contributed by atoms with Gasteiger partial charge in [-0.2, -0.15) is 13.2 Å². The van der Waals surface area contributed by atoms with E-state index in [4.69, 9.17) is 11.6 Å². The normalized spacial score (nSPS) is 12.4. The Morgan fingerprint density at radius 3 is 2.07 bits per heavy atom. The summed E-state index contributed by atoms with van der Waals surface area (Å²) in [5, 5.41) is 3.79. The summed E-state index contributed by atoms with van der Waals surface area (Å²) in [4.78, 5) is 23.8. The Balaban J connectivity index is 2.17. The van der Waals surface area contributed by atoms with Crippen LogP contribution < -0.4 is 10.6 Å². The molecule has 4 nitrogen and oxygen atoms in total. The number of hydrogen-bond donors (Lipinski definition) is 2. The average molecular weight is 425 g/mol. The minimum absolute atomic E-state index is 0.0156. The van der Waals surface area contributed by atoms with Crippen LogP contribution in [0.15, 0.2) is 36.4 Å². The molecule has 0 aromatic heterocycles. The molecule has 0 saturated heterocycles. The van der Waals surface area contributed by atoms with Crippen molar-refractivity contribution in [3.63, 3.8) is 0 Å². The average Bonchev–Trinajstić information content (AvgIpc) is 2.58. The lowest BCUT2D eigenvalue weighted by molar-refractivity contribution is -0.146. The number of carbonyl (C=O) groups is 2. The Labute approximate surface area is 159 Å². The zero-order chi connectivity index (χ0) is 21.1. The Bertz CT molecular complexity index is 886. The second kappa shape index (κ2) is 8.51. The lowest BCUT2D eigenvalue weighted by Gasteiger charge is -2.20. The Hall–Kier alpha value is -2.75. The Morgan fingerprint density at radius 1 is 0.929 bits per heavy atom. The van der Waals surface area contributed by atoms with Gasteiger partial charge >= 0.3 is 18.0 Å². The van der Waals surface area contributed by atoms with Crippen molar-refractivity contribution >= 4 is 29.1 Å². The topological polar surface area (TPSA) is 58.2 Å². The molecule has 0 unspecified atom stereocenters. The molecule has 0 spiro atoms. The third-order valence-corrected chi connectivity index (χ3v) is 3.73. The van der Waals surface area contributed by atoms with Gasteiger partial charge in [-0.1, -0.05) is 23.7 Å². The largest absolute Gasteiger partial charge is 0.391 e. The molecule has 2 amide bonds. The van der Waals surface area contributed by atoms with Gasteiger partial charge in [-0.05, 0) is 17.7 Å². The monoisotopic (exact) mass is 424 g/mol. The number of anilines is 1. The van der Waals surface area contributed by atoms with E-state index < -0.39 is 53.6 Å². The van der Waals surface area contributed by atoms with Crippen LogP contribution in [0.2, 0.25) is 5.02 Å². The van der Waals surface area contributed by atoms with E-state index >= 15 is 0 Å². The van der Waals surface area contributed by atoms with E-state index in [1.165, 1.54) is 24.3 Å². The summed E-state index contributed by atoms with van der Waals surface area (Å²) in [5.74, 6) is -7.48. The van der Waals surface area contributed by atoms with Gasteiger partial charge in [0.1, 0.15) is 5.82 Å². The van der Waals surface area contributed by atoms with Gasteiger partial charge in [-0.3, -0.25) is 9.59 Å². The number of carbonyl (C=O) groups excluding carboxylic acids is 2. The number of halogens is 7. The van der Waals surface area contributed by atoms with Crippen LogP contribution in [0.5, 0.6) is 0 Å². The number of nitrogens with one attached hydrogen (secondary N) is 2. The van der Waals surface area contributed by atoms with Crippen molar-refractivity contribution in [1.82, 2.24) is 5.32 Å². The molecule has 0 aliphatic rings. The molecule has 2 aromatic rings. The lowest BCUT2D eigenvalue weighted by atomic mass is 10.0. The van der Waals surface area contributed by atoms with Crippen molar-refractivity contribution in [3.8, 4) is 0 Å². The molecule has 2 N–H and O–H groups in total. The summed E-state index contributed by atoms with van der Waals surface area (Å²) in [5.41, 5.74) is -0.834. The third kappa shape index (κ3) is 5.88. The maximum atomic E-state index is 13.5. The maximum Gasteiger partial charge on any atom is 0.391 e. The van der Waals surface area contributed by atoms with E-state index in [9.17, 15) is 35.9 Å². The molecular weight excluding hydrogens is 414 g/mol. The summed E-state index contributed by atoms with van der Waals surface area (Å²) < 4.78 is 77.9. The molecule has 0 fully saturated rings. The summed E-state index contributed by atoms with van der Waals surface area (Å²) >= 11 is 5.67. The van der Waals surface area contributed by atoms with Crippen molar-refractivity contribution in [1.29, 1.82) is 0 Å². The maximum absolute atomic E-state index is 13.5. The SMILES string of the molecule is O=C(Nc1cc(F)c(F)cc1F)C(=O)N[C@H](CC(F)(F)F)c1ccc(Cl)cc1. The first-order valence-corrected chi connectivity index (χ1v) is 7.92. The van der Waals surface area contributed by atoms with E-state index in [0.717, 1.165) is 0 Å². The van der Waals surface area contributed by atoms with E-state index in [0.29, 0.717) is 6.07 Å². The molecule has 150 valence electrons. The predicted molar refractivity (Wildman–Crippen MR) is 88.0 cm³/mol. The minimum Gasteiger partial charge on any atom is -0.341 e. The molecule has 28 heavy (non-hydrogen) atoms. The minimum atomic E-state index is -4.68. The Morgan fingerprint density at radius 2 is 1.50 bits per heavy atom. The molecule has 0 heterocycles. The standard InChI is InChI=1S/C17H11ClF6N2O2/c18-9-3-1-8(2-4-9)14(7-17(22,23)24)26-16(28)15(27)25-13-6-11(20)10(19)5-12(13)21/h1-6,14H,7H2,(H,25,27)(H,26,28)/t14-/m1/s1. The third-order valence-electron chi connectivity index (χ3n) is 3.48. The van der Waals surface area contributed by atoms with Crippen molar-refractivity contribution in [2.45, 2.75) is 18.6 Å². The predicted octanol–water partition coefficient (Wildman–Crippen LogP) is 4.51. The van der Waals surface area contributed by atoms with Crippen LogP contribution in [0.4, 0.5) is 32.0 Å². The molecule has 11 heteroatoms. The summed E-state index contributed by atoms with van der Waals surface area (Å²) in [6, 6.07) is 3.85. The Kier molecular flexibility index (Phi) is 6.55. The molecule has 0 aliphatic heterocycles. The number of benzene rings is 2. The smallest absolute Gasteiger partial charge is 0.341 e. The molecule has 2 rings (SSSR count). The molecule has 0 aliphatic carbocycles.